The van der Waals surface area contributed by atoms with Crippen LogP contribution in [0.4, 0.5) is 4.39 Å². The van der Waals surface area contributed by atoms with Crippen molar-refractivity contribution >= 4 is 11.0 Å². The van der Waals surface area contributed by atoms with Gasteiger partial charge in [-0.15, -0.1) is 0 Å². The van der Waals surface area contributed by atoms with Crippen molar-refractivity contribution in [2.24, 2.45) is 0 Å². The minimum Gasteiger partial charge on any atom is -0.464 e. The van der Waals surface area contributed by atoms with Gasteiger partial charge in [0, 0.05) is 17.5 Å². The molecule has 0 bridgehead atoms. The predicted molar refractivity (Wildman–Crippen MR) is 50.0 cm³/mol. The van der Waals surface area contributed by atoms with Gasteiger partial charge in [-0.2, -0.15) is 5.48 Å². The lowest BCUT2D eigenvalue weighted by Gasteiger charge is -2.04. The Balaban J connectivity index is 2.47. The summed E-state index contributed by atoms with van der Waals surface area (Å²) in [7, 11) is 1.49. The molecule has 2 aromatic rings. The van der Waals surface area contributed by atoms with Crippen LogP contribution in [0.3, 0.4) is 0 Å². The summed E-state index contributed by atoms with van der Waals surface area (Å²) in [5.74, 6) is -0.261. The summed E-state index contributed by atoms with van der Waals surface area (Å²) < 4.78 is 18.5. The fourth-order valence-electron chi connectivity index (χ4n) is 1.40. The molecule has 0 saturated carbocycles. The van der Waals surface area contributed by atoms with Crippen molar-refractivity contribution in [3.05, 3.63) is 35.8 Å². The standard InChI is InChI=1S/C10H10FNO2/c1-13-12-6-8-7-4-5-14-10(7)3-2-9(8)11/h2-5,12H,6H2,1H3. The summed E-state index contributed by atoms with van der Waals surface area (Å²) in [6.45, 7) is 0.319. The Labute approximate surface area is 80.4 Å². The first-order valence-electron chi connectivity index (χ1n) is 4.23. The number of furan rings is 1. The lowest BCUT2D eigenvalue weighted by molar-refractivity contribution is 0.0862. The largest absolute Gasteiger partial charge is 0.464 e. The Kier molecular flexibility index (Phi) is 2.47. The Morgan fingerprint density at radius 3 is 3.07 bits per heavy atom. The second-order valence-electron chi connectivity index (χ2n) is 2.88. The van der Waals surface area contributed by atoms with E-state index in [4.69, 9.17) is 4.42 Å². The summed E-state index contributed by atoms with van der Waals surface area (Å²) in [5.41, 5.74) is 3.84. The van der Waals surface area contributed by atoms with E-state index >= 15 is 0 Å². The molecule has 0 amide bonds. The molecular formula is C10H10FNO2. The number of rotatable bonds is 3. The summed E-state index contributed by atoms with van der Waals surface area (Å²) in [5, 5.41) is 0.773. The molecule has 0 saturated heterocycles. The van der Waals surface area contributed by atoms with E-state index in [9.17, 15) is 4.39 Å². The van der Waals surface area contributed by atoms with E-state index in [-0.39, 0.29) is 5.82 Å². The van der Waals surface area contributed by atoms with Gasteiger partial charge in [0.2, 0.25) is 0 Å². The zero-order valence-electron chi connectivity index (χ0n) is 7.71. The van der Waals surface area contributed by atoms with Gasteiger partial charge in [-0.1, -0.05) is 0 Å². The lowest BCUT2D eigenvalue weighted by Crippen LogP contribution is -2.12. The van der Waals surface area contributed by atoms with Crippen molar-refractivity contribution in [3.8, 4) is 0 Å². The highest BCUT2D eigenvalue weighted by molar-refractivity contribution is 5.81. The van der Waals surface area contributed by atoms with Crippen LogP contribution in [0.25, 0.3) is 11.0 Å². The minimum atomic E-state index is -0.261. The third-order valence-corrected chi connectivity index (χ3v) is 2.08. The Bertz CT molecular complexity index is 439. The maximum absolute atomic E-state index is 13.4. The van der Waals surface area contributed by atoms with Gasteiger partial charge < -0.3 is 9.25 Å². The van der Waals surface area contributed by atoms with Gasteiger partial charge in [-0.3, -0.25) is 0 Å². The van der Waals surface area contributed by atoms with Crippen LogP contribution in [0.5, 0.6) is 0 Å². The van der Waals surface area contributed by atoms with Crippen molar-refractivity contribution in [2.45, 2.75) is 6.54 Å². The van der Waals surface area contributed by atoms with Gasteiger partial charge in [0.1, 0.15) is 11.4 Å². The molecule has 3 nitrogen and oxygen atoms in total. The van der Waals surface area contributed by atoms with Gasteiger partial charge in [0.15, 0.2) is 0 Å². The molecule has 0 spiro atoms. The Morgan fingerprint density at radius 2 is 2.29 bits per heavy atom. The van der Waals surface area contributed by atoms with Crippen LogP contribution in [0.15, 0.2) is 28.9 Å². The van der Waals surface area contributed by atoms with Gasteiger partial charge in [0.25, 0.3) is 0 Å². The topological polar surface area (TPSA) is 34.4 Å². The van der Waals surface area contributed by atoms with Crippen LogP contribution in [0.2, 0.25) is 0 Å². The first kappa shape index (κ1) is 9.18. The van der Waals surface area contributed by atoms with Crippen molar-refractivity contribution in [1.29, 1.82) is 0 Å². The van der Waals surface area contributed by atoms with Crippen molar-refractivity contribution in [2.75, 3.05) is 7.11 Å². The molecule has 0 aliphatic rings. The van der Waals surface area contributed by atoms with Crippen molar-refractivity contribution in [3.63, 3.8) is 0 Å². The lowest BCUT2D eigenvalue weighted by atomic mass is 10.1. The number of benzene rings is 1. The highest BCUT2D eigenvalue weighted by Gasteiger charge is 2.08. The molecule has 0 aliphatic carbocycles. The first-order chi connectivity index (χ1) is 6.83. The molecule has 2 rings (SSSR count). The van der Waals surface area contributed by atoms with Crippen molar-refractivity contribution in [1.82, 2.24) is 5.48 Å². The van der Waals surface area contributed by atoms with E-state index in [1.807, 2.05) is 0 Å². The molecule has 1 N–H and O–H groups in total. The fourth-order valence-corrected chi connectivity index (χ4v) is 1.40. The molecule has 14 heavy (non-hydrogen) atoms. The third kappa shape index (κ3) is 1.49. The van der Waals surface area contributed by atoms with Gasteiger partial charge in [-0.05, 0) is 18.2 Å². The normalized spacial score (nSPS) is 11.0. The second-order valence-corrected chi connectivity index (χ2v) is 2.88. The van der Waals surface area contributed by atoms with Crippen LogP contribution in [-0.4, -0.2) is 7.11 Å². The smallest absolute Gasteiger partial charge is 0.134 e. The average Bonchev–Trinajstić information content (AvgIpc) is 2.64. The third-order valence-electron chi connectivity index (χ3n) is 2.08. The number of nitrogens with one attached hydrogen (secondary N) is 1. The van der Waals surface area contributed by atoms with E-state index in [2.05, 4.69) is 10.3 Å². The fraction of sp³-hybridized carbons (Fsp3) is 0.200. The summed E-state index contributed by atoms with van der Waals surface area (Å²) in [4.78, 5) is 4.68. The van der Waals surface area contributed by atoms with E-state index in [1.54, 1.807) is 18.4 Å². The van der Waals surface area contributed by atoms with Gasteiger partial charge in [-0.25, -0.2) is 4.39 Å². The van der Waals surface area contributed by atoms with E-state index in [0.29, 0.717) is 17.7 Å². The molecule has 0 atom stereocenters. The van der Waals surface area contributed by atoms with Crippen LogP contribution < -0.4 is 5.48 Å². The molecule has 4 heteroatoms. The highest BCUT2D eigenvalue weighted by atomic mass is 19.1. The van der Waals surface area contributed by atoms with Gasteiger partial charge >= 0.3 is 0 Å². The molecule has 74 valence electrons. The van der Waals surface area contributed by atoms with E-state index in [0.717, 1.165) is 5.39 Å². The molecule has 1 heterocycles. The second kappa shape index (κ2) is 3.77. The Hall–Kier alpha value is -1.39. The average molecular weight is 195 g/mol. The van der Waals surface area contributed by atoms with Gasteiger partial charge in [0.05, 0.1) is 13.4 Å². The Morgan fingerprint density at radius 1 is 1.43 bits per heavy atom. The SMILES string of the molecule is CONCc1c(F)ccc2occc12. The molecule has 0 unspecified atom stereocenters. The molecule has 1 aromatic heterocycles. The highest BCUT2D eigenvalue weighted by Crippen LogP contribution is 2.22. The summed E-state index contributed by atoms with van der Waals surface area (Å²) >= 11 is 0. The first-order valence-corrected chi connectivity index (χ1v) is 4.23. The van der Waals surface area contributed by atoms with E-state index in [1.165, 1.54) is 13.2 Å². The number of fused-ring (bicyclic) bond motifs is 1. The molecule has 0 fully saturated rings. The van der Waals surface area contributed by atoms with Crippen molar-refractivity contribution < 1.29 is 13.6 Å². The summed E-state index contributed by atoms with van der Waals surface area (Å²) in [6, 6.07) is 4.74. The molecular weight excluding hydrogens is 185 g/mol. The number of halogens is 1. The quantitative estimate of drug-likeness (QED) is 0.762. The number of hydroxylamine groups is 1. The maximum atomic E-state index is 13.4. The molecule has 0 aliphatic heterocycles. The molecule has 1 aromatic carbocycles. The summed E-state index contributed by atoms with van der Waals surface area (Å²) in [6.07, 6.45) is 1.54. The van der Waals surface area contributed by atoms with Crippen LogP contribution >= 0.6 is 0 Å². The maximum Gasteiger partial charge on any atom is 0.134 e. The van der Waals surface area contributed by atoms with Crippen LogP contribution in [-0.2, 0) is 11.4 Å². The van der Waals surface area contributed by atoms with E-state index < -0.39 is 0 Å². The number of hydrogen-bond donors (Lipinski definition) is 1. The zero-order chi connectivity index (χ0) is 9.97. The number of hydrogen-bond acceptors (Lipinski definition) is 3. The predicted octanol–water partition coefficient (Wildman–Crippen LogP) is 2.22. The monoisotopic (exact) mass is 195 g/mol. The van der Waals surface area contributed by atoms with Crippen LogP contribution in [0.1, 0.15) is 5.56 Å². The minimum absolute atomic E-state index is 0.261. The molecule has 0 radical (unpaired) electrons. The van der Waals surface area contributed by atoms with Crippen LogP contribution in [0, 0.1) is 5.82 Å². The zero-order valence-corrected chi connectivity index (χ0v) is 7.71.